The highest BCUT2D eigenvalue weighted by Gasteiger charge is 2.16. The second-order valence-electron chi connectivity index (χ2n) is 3.30. The first-order valence-electron chi connectivity index (χ1n) is 4.61. The molecule has 0 amide bonds. The summed E-state index contributed by atoms with van der Waals surface area (Å²) >= 11 is 0. The molecule has 1 unspecified atom stereocenters. The number of aryl methyl sites for hydroxylation is 1. The minimum Gasteiger partial charge on any atom is -0.371 e. The zero-order chi connectivity index (χ0) is 9.10. The molecular weight excluding hydrogens is 164 g/mol. The summed E-state index contributed by atoms with van der Waals surface area (Å²) in [5.74, 6) is 0. The van der Waals surface area contributed by atoms with Crippen LogP contribution in [0.3, 0.4) is 0 Å². The van der Waals surface area contributed by atoms with Crippen molar-refractivity contribution in [2.75, 3.05) is 19.7 Å². The second kappa shape index (κ2) is 3.85. The lowest BCUT2D eigenvalue weighted by atomic mass is 10.1. The molecule has 1 aromatic rings. The molecule has 1 fully saturated rings. The Hall–Kier alpha value is -0.930. The fourth-order valence-corrected chi connectivity index (χ4v) is 1.58. The van der Waals surface area contributed by atoms with Gasteiger partial charge in [0.05, 0.1) is 12.7 Å². The van der Waals surface area contributed by atoms with E-state index in [2.05, 4.69) is 17.2 Å². The van der Waals surface area contributed by atoms with Gasteiger partial charge in [-0.1, -0.05) is 0 Å². The number of hydrogen-bond acceptors (Lipinski definition) is 3. The van der Waals surface area contributed by atoms with Crippen molar-refractivity contribution in [2.24, 2.45) is 0 Å². The van der Waals surface area contributed by atoms with Crippen LogP contribution in [0.25, 0.3) is 0 Å². The first kappa shape index (κ1) is 8.66. The van der Waals surface area contributed by atoms with Crippen molar-refractivity contribution in [3.8, 4) is 0 Å². The van der Waals surface area contributed by atoms with Crippen molar-refractivity contribution < 1.29 is 4.74 Å². The third-order valence-corrected chi connectivity index (χ3v) is 2.35. The molecule has 1 aliphatic rings. The Morgan fingerprint density at radius 2 is 2.54 bits per heavy atom. The lowest BCUT2D eigenvalue weighted by molar-refractivity contribution is 0.0271. The molecule has 0 aliphatic carbocycles. The summed E-state index contributed by atoms with van der Waals surface area (Å²) in [7, 11) is 0. The van der Waals surface area contributed by atoms with Gasteiger partial charge >= 0.3 is 0 Å². The molecule has 0 radical (unpaired) electrons. The van der Waals surface area contributed by atoms with E-state index in [0.717, 1.165) is 19.7 Å². The largest absolute Gasteiger partial charge is 0.371 e. The zero-order valence-corrected chi connectivity index (χ0v) is 7.79. The molecule has 70 valence electrons. The van der Waals surface area contributed by atoms with Gasteiger partial charge in [0.1, 0.15) is 0 Å². The van der Waals surface area contributed by atoms with Crippen LogP contribution in [0.2, 0.25) is 0 Å². The molecule has 13 heavy (non-hydrogen) atoms. The predicted molar refractivity (Wildman–Crippen MR) is 50.5 cm³/mol. The van der Waals surface area contributed by atoms with Gasteiger partial charge in [0.15, 0.2) is 0 Å². The summed E-state index contributed by atoms with van der Waals surface area (Å²) in [6, 6.07) is 2.02. The molecule has 0 aromatic carbocycles. The molecule has 0 spiro atoms. The van der Waals surface area contributed by atoms with E-state index in [-0.39, 0.29) is 6.10 Å². The number of ether oxygens (including phenoxy) is 1. The second-order valence-corrected chi connectivity index (χ2v) is 3.30. The van der Waals surface area contributed by atoms with Crippen LogP contribution in [-0.4, -0.2) is 24.7 Å². The Balaban J connectivity index is 2.18. The Morgan fingerprint density at radius 3 is 3.23 bits per heavy atom. The Kier molecular flexibility index (Phi) is 2.57. The van der Waals surface area contributed by atoms with Gasteiger partial charge in [0.25, 0.3) is 0 Å². The van der Waals surface area contributed by atoms with Crippen molar-refractivity contribution in [1.82, 2.24) is 10.3 Å². The van der Waals surface area contributed by atoms with Gasteiger partial charge in [-0.05, 0) is 18.6 Å². The van der Waals surface area contributed by atoms with Gasteiger partial charge < -0.3 is 10.1 Å². The maximum atomic E-state index is 5.64. The van der Waals surface area contributed by atoms with Crippen LogP contribution in [0.5, 0.6) is 0 Å². The van der Waals surface area contributed by atoms with Crippen molar-refractivity contribution in [2.45, 2.75) is 13.0 Å². The Morgan fingerprint density at radius 1 is 1.62 bits per heavy atom. The zero-order valence-electron chi connectivity index (χ0n) is 7.79. The summed E-state index contributed by atoms with van der Waals surface area (Å²) in [5.41, 5.74) is 2.46. The molecule has 3 heteroatoms. The monoisotopic (exact) mass is 178 g/mol. The van der Waals surface area contributed by atoms with E-state index in [1.807, 2.05) is 18.5 Å². The molecule has 1 atom stereocenters. The SMILES string of the molecule is Cc1ccncc1C1CNCCO1. The molecule has 3 nitrogen and oxygen atoms in total. The molecule has 0 saturated carbocycles. The lowest BCUT2D eigenvalue weighted by Gasteiger charge is -2.24. The minimum absolute atomic E-state index is 0.183. The maximum Gasteiger partial charge on any atom is 0.0967 e. The summed E-state index contributed by atoms with van der Waals surface area (Å²) in [6.45, 7) is 4.73. The average molecular weight is 178 g/mol. The van der Waals surface area contributed by atoms with Gasteiger partial charge in [-0.3, -0.25) is 4.98 Å². The fraction of sp³-hybridized carbons (Fsp3) is 0.500. The molecule has 1 saturated heterocycles. The highest BCUT2D eigenvalue weighted by Crippen LogP contribution is 2.20. The van der Waals surface area contributed by atoms with Crippen molar-refractivity contribution in [1.29, 1.82) is 0 Å². The van der Waals surface area contributed by atoms with E-state index in [9.17, 15) is 0 Å². The summed E-state index contributed by atoms with van der Waals surface area (Å²) < 4.78 is 5.64. The minimum atomic E-state index is 0.183. The number of pyridine rings is 1. The van der Waals surface area contributed by atoms with Crippen LogP contribution in [0.15, 0.2) is 18.5 Å². The number of rotatable bonds is 1. The number of nitrogens with one attached hydrogen (secondary N) is 1. The first-order valence-corrected chi connectivity index (χ1v) is 4.61. The number of aromatic nitrogens is 1. The van der Waals surface area contributed by atoms with E-state index < -0.39 is 0 Å². The van der Waals surface area contributed by atoms with Gasteiger partial charge in [-0.2, -0.15) is 0 Å². The van der Waals surface area contributed by atoms with Gasteiger partial charge in [0.2, 0.25) is 0 Å². The smallest absolute Gasteiger partial charge is 0.0967 e. The molecule has 1 aromatic heterocycles. The quantitative estimate of drug-likeness (QED) is 0.698. The third kappa shape index (κ3) is 1.87. The van der Waals surface area contributed by atoms with Crippen molar-refractivity contribution in [3.05, 3.63) is 29.6 Å². The fourth-order valence-electron chi connectivity index (χ4n) is 1.58. The van der Waals surface area contributed by atoms with Crippen LogP contribution in [0.1, 0.15) is 17.2 Å². The third-order valence-electron chi connectivity index (χ3n) is 2.35. The molecule has 1 aliphatic heterocycles. The van der Waals surface area contributed by atoms with E-state index >= 15 is 0 Å². The van der Waals surface area contributed by atoms with E-state index in [1.165, 1.54) is 11.1 Å². The maximum absolute atomic E-state index is 5.64. The van der Waals surface area contributed by atoms with E-state index in [4.69, 9.17) is 4.74 Å². The summed E-state index contributed by atoms with van der Waals surface area (Å²) in [5, 5.41) is 3.31. The molecular formula is C10H14N2O. The van der Waals surface area contributed by atoms with Crippen molar-refractivity contribution >= 4 is 0 Å². The van der Waals surface area contributed by atoms with Crippen LogP contribution >= 0.6 is 0 Å². The normalized spacial score (nSPS) is 23.0. The highest BCUT2D eigenvalue weighted by molar-refractivity contribution is 5.24. The molecule has 2 rings (SSSR count). The topological polar surface area (TPSA) is 34.2 Å². The van der Waals surface area contributed by atoms with Crippen molar-refractivity contribution in [3.63, 3.8) is 0 Å². The Labute approximate surface area is 78.1 Å². The molecule has 1 N–H and O–H groups in total. The standard InChI is InChI=1S/C10H14N2O/c1-8-2-3-11-6-9(8)10-7-12-4-5-13-10/h2-3,6,10,12H,4-5,7H2,1H3. The van der Waals surface area contributed by atoms with Crippen LogP contribution < -0.4 is 5.32 Å². The number of nitrogens with zero attached hydrogens (tertiary/aromatic N) is 1. The highest BCUT2D eigenvalue weighted by atomic mass is 16.5. The predicted octanol–water partition coefficient (Wildman–Crippen LogP) is 1.05. The van der Waals surface area contributed by atoms with Crippen LogP contribution in [0, 0.1) is 6.92 Å². The van der Waals surface area contributed by atoms with Crippen LogP contribution in [0.4, 0.5) is 0 Å². The van der Waals surface area contributed by atoms with E-state index in [0.29, 0.717) is 0 Å². The summed E-state index contributed by atoms with van der Waals surface area (Å²) in [4.78, 5) is 4.11. The summed E-state index contributed by atoms with van der Waals surface area (Å²) in [6.07, 6.45) is 3.89. The van der Waals surface area contributed by atoms with Gasteiger partial charge in [-0.15, -0.1) is 0 Å². The first-order chi connectivity index (χ1) is 6.38. The molecule has 2 heterocycles. The number of morpholine rings is 1. The van der Waals surface area contributed by atoms with Crippen LogP contribution in [-0.2, 0) is 4.74 Å². The van der Waals surface area contributed by atoms with E-state index in [1.54, 1.807) is 0 Å². The van der Waals surface area contributed by atoms with Gasteiger partial charge in [0, 0.05) is 31.0 Å². The number of hydrogen-bond donors (Lipinski definition) is 1. The Bertz CT molecular complexity index is 282. The van der Waals surface area contributed by atoms with Gasteiger partial charge in [-0.25, -0.2) is 0 Å². The molecule has 0 bridgehead atoms. The average Bonchev–Trinajstić information content (AvgIpc) is 2.20. The lowest BCUT2D eigenvalue weighted by Crippen LogP contribution is -2.33.